The minimum atomic E-state index is -0.190. The van der Waals surface area contributed by atoms with Gasteiger partial charge in [-0.3, -0.25) is 0 Å². The first kappa shape index (κ1) is 12.3. The fourth-order valence-electron chi connectivity index (χ4n) is 2.28. The normalized spacial score (nSPS) is 20.6. The quantitative estimate of drug-likeness (QED) is 0.874. The van der Waals surface area contributed by atoms with Crippen molar-refractivity contribution in [3.8, 4) is 0 Å². The summed E-state index contributed by atoms with van der Waals surface area (Å²) in [6.07, 6.45) is 2.30. The van der Waals surface area contributed by atoms with Crippen LogP contribution in [0.25, 0.3) is 0 Å². The number of anilines is 1. The average molecular weight is 238 g/mol. The molecule has 0 spiro atoms. The largest absolute Gasteiger partial charge is 0.380 e. The van der Waals surface area contributed by atoms with E-state index >= 15 is 0 Å². The molecule has 1 heterocycles. The lowest BCUT2D eigenvalue weighted by atomic mass is 10.1. The lowest BCUT2D eigenvalue weighted by molar-refractivity contribution is 0.0892. The SMILES string of the molecule is COC1CCCN(c2ccc(CN)cc2F)C1. The molecule has 0 saturated carbocycles. The standard InChI is InChI=1S/C13H19FN2O/c1-17-11-3-2-6-16(9-11)13-5-4-10(8-15)7-12(13)14/h4-5,7,11H,2-3,6,8-9,15H2,1H3. The summed E-state index contributed by atoms with van der Waals surface area (Å²) < 4.78 is 19.3. The number of nitrogens with zero attached hydrogens (tertiary/aromatic N) is 1. The first-order chi connectivity index (χ1) is 8.24. The molecular formula is C13H19FN2O. The molecule has 1 aromatic rings. The Morgan fingerprint density at radius 2 is 2.35 bits per heavy atom. The topological polar surface area (TPSA) is 38.5 Å². The molecular weight excluding hydrogens is 219 g/mol. The van der Waals surface area contributed by atoms with Gasteiger partial charge in [-0.15, -0.1) is 0 Å². The number of benzene rings is 1. The predicted molar refractivity (Wildman–Crippen MR) is 66.5 cm³/mol. The highest BCUT2D eigenvalue weighted by Gasteiger charge is 2.21. The van der Waals surface area contributed by atoms with Crippen LogP contribution < -0.4 is 10.6 Å². The van der Waals surface area contributed by atoms with Crippen molar-refractivity contribution >= 4 is 5.69 Å². The van der Waals surface area contributed by atoms with Crippen LogP contribution in [0.5, 0.6) is 0 Å². The van der Waals surface area contributed by atoms with Crippen LogP contribution in [0.1, 0.15) is 18.4 Å². The Labute approximate surface area is 101 Å². The number of piperidine rings is 1. The molecule has 1 aliphatic heterocycles. The van der Waals surface area contributed by atoms with Gasteiger partial charge in [0.1, 0.15) is 5.82 Å². The molecule has 0 bridgehead atoms. The molecule has 0 radical (unpaired) electrons. The summed E-state index contributed by atoms with van der Waals surface area (Å²) in [7, 11) is 1.71. The highest BCUT2D eigenvalue weighted by Crippen LogP contribution is 2.24. The third-order valence-electron chi connectivity index (χ3n) is 3.30. The minimum Gasteiger partial charge on any atom is -0.380 e. The van der Waals surface area contributed by atoms with Crippen LogP contribution in [0, 0.1) is 5.82 Å². The molecule has 3 nitrogen and oxygen atoms in total. The van der Waals surface area contributed by atoms with Crippen molar-refractivity contribution in [3.05, 3.63) is 29.6 Å². The molecule has 4 heteroatoms. The van der Waals surface area contributed by atoms with Crippen molar-refractivity contribution in [1.29, 1.82) is 0 Å². The first-order valence-corrected chi connectivity index (χ1v) is 6.01. The van der Waals surface area contributed by atoms with Gasteiger partial charge in [0.2, 0.25) is 0 Å². The van der Waals surface area contributed by atoms with Crippen LogP contribution >= 0.6 is 0 Å². The molecule has 2 rings (SSSR count). The number of nitrogens with two attached hydrogens (primary N) is 1. The summed E-state index contributed by atoms with van der Waals surface area (Å²) in [4.78, 5) is 2.05. The van der Waals surface area contributed by atoms with E-state index in [-0.39, 0.29) is 11.9 Å². The summed E-state index contributed by atoms with van der Waals surface area (Å²) >= 11 is 0. The van der Waals surface area contributed by atoms with Crippen molar-refractivity contribution < 1.29 is 9.13 Å². The Balaban J connectivity index is 2.16. The lowest BCUT2D eigenvalue weighted by Crippen LogP contribution is -2.39. The molecule has 0 amide bonds. The second-order valence-electron chi connectivity index (χ2n) is 4.44. The number of ether oxygens (including phenoxy) is 1. The van der Waals surface area contributed by atoms with Crippen LogP contribution in [-0.4, -0.2) is 26.3 Å². The van der Waals surface area contributed by atoms with Crippen molar-refractivity contribution in [2.75, 3.05) is 25.1 Å². The summed E-state index contributed by atoms with van der Waals surface area (Å²) in [6.45, 7) is 2.02. The van der Waals surface area contributed by atoms with Gasteiger partial charge in [0, 0.05) is 26.7 Å². The molecule has 1 aromatic carbocycles. The van der Waals surface area contributed by atoms with Crippen LogP contribution in [0.4, 0.5) is 10.1 Å². The smallest absolute Gasteiger partial charge is 0.146 e. The zero-order valence-corrected chi connectivity index (χ0v) is 10.2. The third kappa shape index (κ3) is 2.76. The van der Waals surface area contributed by atoms with E-state index in [2.05, 4.69) is 0 Å². The van der Waals surface area contributed by atoms with E-state index in [1.54, 1.807) is 7.11 Å². The summed E-state index contributed by atoms with van der Waals surface area (Å²) in [5.74, 6) is -0.190. The zero-order chi connectivity index (χ0) is 12.3. The molecule has 1 unspecified atom stereocenters. The van der Waals surface area contributed by atoms with Gasteiger partial charge < -0.3 is 15.4 Å². The van der Waals surface area contributed by atoms with E-state index in [9.17, 15) is 4.39 Å². The Kier molecular flexibility index (Phi) is 3.97. The maximum absolute atomic E-state index is 13.9. The number of methoxy groups -OCH3 is 1. The van der Waals surface area contributed by atoms with Gasteiger partial charge in [-0.1, -0.05) is 6.07 Å². The van der Waals surface area contributed by atoms with Gasteiger partial charge in [-0.25, -0.2) is 4.39 Å². The van der Waals surface area contributed by atoms with Gasteiger partial charge in [0.15, 0.2) is 0 Å². The number of hydrogen-bond acceptors (Lipinski definition) is 3. The molecule has 1 atom stereocenters. The first-order valence-electron chi connectivity index (χ1n) is 6.01. The van der Waals surface area contributed by atoms with E-state index in [4.69, 9.17) is 10.5 Å². The molecule has 1 saturated heterocycles. The highest BCUT2D eigenvalue weighted by atomic mass is 19.1. The average Bonchev–Trinajstić information content (AvgIpc) is 2.38. The summed E-state index contributed by atoms with van der Waals surface area (Å²) in [6, 6.07) is 5.22. The lowest BCUT2D eigenvalue weighted by Gasteiger charge is -2.33. The molecule has 0 aliphatic carbocycles. The van der Waals surface area contributed by atoms with E-state index in [0.29, 0.717) is 12.2 Å². The van der Waals surface area contributed by atoms with Crippen LogP contribution in [0.15, 0.2) is 18.2 Å². The maximum atomic E-state index is 13.9. The Bertz CT molecular complexity index is 384. The summed E-state index contributed by atoms with van der Waals surface area (Å²) in [5, 5.41) is 0. The number of hydrogen-bond donors (Lipinski definition) is 1. The second kappa shape index (κ2) is 5.47. The molecule has 1 fully saturated rings. The third-order valence-corrected chi connectivity index (χ3v) is 3.30. The van der Waals surface area contributed by atoms with Crippen LogP contribution in [0.2, 0.25) is 0 Å². The molecule has 1 aliphatic rings. The van der Waals surface area contributed by atoms with Crippen LogP contribution in [0.3, 0.4) is 0 Å². The maximum Gasteiger partial charge on any atom is 0.146 e. The molecule has 17 heavy (non-hydrogen) atoms. The summed E-state index contributed by atoms with van der Waals surface area (Å²) in [5.41, 5.74) is 6.97. The molecule has 0 aromatic heterocycles. The van der Waals surface area contributed by atoms with Crippen LogP contribution in [-0.2, 0) is 11.3 Å². The Morgan fingerprint density at radius 1 is 1.53 bits per heavy atom. The molecule has 94 valence electrons. The minimum absolute atomic E-state index is 0.190. The predicted octanol–water partition coefficient (Wildman–Crippen LogP) is 1.90. The monoisotopic (exact) mass is 238 g/mol. The fraction of sp³-hybridized carbons (Fsp3) is 0.538. The fourth-order valence-corrected chi connectivity index (χ4v) is 2.28. The number of rotatable bonds is 3. The zero-order valence-electron chi connectivity index (χ0n) is 10.2. The number of halogens is 1. The van der Waals surface area contributed by atoms with E-state index in [1.807, 2.05) is 17.0 Å². The van der Waals surface area contributed by atoms with Crippen molar-refractivity contribution in [2.24, 2.45) is 5.73 Å². The highest BCUT2D eigenvalue weighted by molar-refractivity contribution is 5.49. The second-order valence-corrected chi connectivity index (χ2v) is 4.44. The van der Waals surface area contributed by atoms with Gasteiger partial charge in [-0.2, -0.15) is 0 Å². The van der Waals surface area contributed by atoms with Crippen molar-refractivity contribution in [3.63, 3.8) is 0 Å². The Hall–Kier alpha value is -1.13. The van der Waals surface area contributed by atoms with Gasteiger partial charge in [-0.05, 0) is 30.5 Å². The van der Waals surface area contributed by atoms with Crippen molar-refractivity contribution in [1.82, 2.24) is 0 Å². The van der Waals surface area contributed by atoms with E-state index < -0.39 is 0 Å². The Morgan fingerprint density at radius 3 is 3.00 bits per heavy atom. The van der Waals surface area contributed by atoms with Gasteiger partial charge >= 0.3 is 0 Å². The van der Waals surface area contributed by atoms with Crippen molar-refractivity contribution in [2.45, 2.75) is 25.5 Å². The van der Waals surface area contributed by atoms with E-state index in [1.165, 1.54) is 6.07 Å². The van der Waals surface area contributed by atoms with Gasteiger partial charge in [0.05, 0.1) is 11.8 Å². The van der Waals surface area contributed by atoms with E-state index in [0.717, 1.165) is 31.5 Å². The molecule has 2 N–H and O–H groups in total. The van der Waals surface area contributed by atoms with Gasteiger partial charge in [0.25, 0.3) is 0 Å².